The molecule has 6 N–H and O–H groups in total. The van der Waals surface area contributed by atoms with Gasteiger partial charge in [-0.25, -0.2) is 9.78 Å². The van der Waals surface area contributed by atoms with Gasteiger partial charge in [-0.05, 0) is 69.6 Å². The summed E-state index contributed by atoms with van der Waals surface area (Å²) in [7, 11) is 0. The van der Waals surface area contributed by atoms with Crippen molar-refractivity contribution in [1.29, 1.82) is 0 Å². The van der Waals surface area contributed by atoms with E-state index in [1.807, 2.05) is 68.1 Å². The first-order valence-corrected chi connectivity index (χ1v) is 20.2. The number of pyridine rings is 1. The number of aromatic nitrogens is 1. The number of nitrogens with two attached hydrogens (primary N) is 1. The molecule has 1 aromatic heterocycles. The molecule has 6 atom stereocenters. The van der Waals surface area contributed by atoms with Crippen LogP contribution in [-0.2, 0) is 35.0 Å². The second kappa shape index (κ2) is 21.0. The zero-order valence-corrected chi connectivity index (χ0v) is 33.7. The third kappa shape index (κ3) is 13.2. The molecule has 1 aliphatic heterocycles. The van der Waals surface area contributed by atoms with Gasteiger partial charge in [-0.2, -0.15) is 0 Å². The number of rotatable bonds is 18. The van der Waals surface area contributed by atoms with E-state index in [0.29, 0.717) is 30.3 Å². The molecule has 1 saturated heterocycles. The van der Waals surface area contributed by atoms with Crippen LogP contribution >= 0.6 is 0 Å². The van der Waals surface area contributed by atoms with E-state index in [4.69, 9.17) is 25.1 Å². The van der Waals surface area contributed by atoms with Gasteiger partial charge in [-0.3, -0.25) is 24.1 Å². The van der Waals surface area contributed by atoms with Crippen LogP contribution in [0.15, 0.2) is 66.7 Å². The van der Waals surface area contributed by atoms with Crippen molar-refractivity contribution in [3.8, 4) is 0 Å². The summed E-state index contributed by atoms with van der Waals surface area (Å²) in [5.74, 6) is -1.66. The highest BCUT2D eigenvalue weighted by molar-refractivity contribution is 5.99. The Hall–Kier alpha value is -5.12. The van der Waals surface area contributed by atoms with Crippen molar-refractivity contribution in [2.75, 3.05) is 39.5 Å². The predicted octanol–water partition coefficient (Wildman–Crippen LogP) is 3.26. The molecule has 1 saturated carbocycles. The largest absolute Gasteiger partial charge is 0.508 e. The van der Waals surface area contributed by atoms with E-state index in [1.165, 1.54) is 6.07 Å². The number of ether oxygens (including phenoxy) is 3. The lowest BCUT2D eigenvalue weighted by molar-refractivity contribution is -0.133. The predicted molar refractivity (Wildman–Crippen MR) is 216 cm³/mol. The average molecular weight is 803 g/mol. The highest BCUT2D eigenvalue weighted by Crippen LogP contribution is 2.39. The number of aliphatic hydroxyl groups excluding tert-OH is 1. The van der Waals surface area contributed by atoms with Gasteiger partial charge in [0.2, 0.25) is 17.7 Å². The number of primary amides is 1. The molecule has 0 bridgehead atoms. The molecule has 15 heteroatoms. The number of amides is 4. The number of hydrogen-bond donors (Lipinski definition) is 5. The summed E-state index contributed by atoms with van der Waals surface area (Å²) in [6.45, 7) is 6.18. The Bertz CT molecular complexity index is 1850. The van der Waals surface area contributed by atoms with Gasteiger partial charge in [0.25, 0.3) is 5.91 Å². The minimum absolute atomic E-state index is 0.0231. The van der Waals surface area contributed by atoms with E-state index in [1.54, 1.807) is 18.2 Å². The van der Waals surface area contributed by atoms with Crippen molar-refractivity contribution in [3.05, 3.63) is 78.0 Å². The molecular formula is C43H58N6O9. The number of hydrogen-bond acceptors (Lipinski definition) is 11. The van der Waals surface area contributed by atoms with E-state index in [0.717, 1.165) is 36.6 Å². The minimum Gasteiger partial charge on any atom is -0.432 e. The van der Waals surface area contributed by atoms with Gasteiger partial charge >= 0.3 is 6.16 Å². The molecule has 4 amide bonds. The number of piperidine rings is 1. The van der Waals surface area contributed by atoms with Crippen molar-refractivity contribution in [1.82, 2.24) is 25.8 Å². The number of fused-ring (bicyclic) bond motifs is 2. The van der Waals surface area contributed by atoms with Crippen molar-refractivity contribution < 1.29 is 43.3 Å². The van der Waals surface area contributed by atoms with Gasteiger partial charge in [0.15, 0.2) is 0 Å². The fraction of sp³-hybridized carbons (Fsp3) is 0.535. The number of benzene rings is 2. The standard InChI is InChI=1S/C43H58N6O9/c1-43(2,3)48-41(54)36-24-30-14-7-8-15-31(30)26-49(36)27-37(58-42(55)57-22-21-56-20-19-50)34(23-28-11-5-4-6-12-28)46-40(53)35(25-38(44)51)47-39(52)33-18-17-29-13-9-10-16-32(29)45-33/h4-6,9-13,16-18,30-31,34-37,50H,7-8,14-15,19-27H2,1-3H3,(H2,44,51)(H,46,53)(H,47,52)(H,48,54)/t30-,31+,34-,35-,36-,37+/m0/s1. The highest BCUT2D eigenvalue weighted by Gasteiger charge is 2.43. The highest BCUT2D eigenvalue weighted by atomic mass is 16.7. The molecule has 0 spiro atoms. The third-order valence-corrected chi connectivity index (χ3v) is 10.6. The Morgan fingerprint density at radius 1 is 0.914 bits per heavy atom. The Morgan fingerprint density at radius 3 is 2.36 bits per heavy atom. The fourth-order valence-corrected chi connectivity index (χ4v) is 7.87. The third-order valence-electron chi connectivity index (χ3n) is 10.6. The van der Waals surface area contributed by atoms with Crippen LogP contribution in [0.2, 0.25) is 0 Å². The van der Waals surface area contributed by atoms with Crippen molar-refractivity contribution in [2.45, 2.75) is 95.5 Å². The molecule has 2 heterocycles. The molecule has 3 aromatic rings. The lowest BCUT2D eigenvalue weighted by Crippen LogP contribution is -2.61. The van der Waals surface area contributed by atoms with Gasteiger partial charge in [-0.15, -0.1) is 0 Å². The van der Waals surface area contributed by atoms with Crippen LogP contribution < -0.4 is 21.7 Å². The summed E-state index contributed by atoms with van der Waals surface area (Å²) in [4.78, 5) is 74.0. The van der Waals surface area contributed by atoms with Gasteiger partial charge in [0.05, 0.1) is 43.8 Å². The van der Waals surface area contributed by atoms with E-state index >= 15 is 0 Å². The first kappa shape index (κ1) is 44.0. The molecule has 0 unspecified atom stereocenters. The number of aliphatic hydroxyl groups is 1. The number of para-hydroxylation sites is 1. The van der Waals surface area contributed by atoms with Crippen LogP contribution in [0, 0.1) is 11.8 Å². The van der Waals surface area contributed by atoms with Crippen LogP contribution in [0.4, 0.5) is 4.79 Å². The van der Waals surface area contributed by atoms with Gasteiger partial charge < -0.3 is 41.0 Å². The van der Waals surface area contributed by atoms with Crippen molar-refractivity contribution >= 4 is 40.7 Å². The van der Waals surface area contributed by atoms with Gasteiger partial charge in [0, 0.05) is 24.0 Å². The maximum absolute atomic E-state index is 14.3. The number of nitrogens with one attached hydrogen (secondary N) is 3. The van der Waals surface area contributed by atoms with E-state index in [9.17, 15) is 24.0 Å². The van der Waals surface area contributed by atoms with Crippen LogP contribution in [0.3, 0.4) is 0 Å². The minimum atomic E-state index is -1.41. The molecule has 1 aliphatic carbocycles. The van der Waals surface area contributed by atoms with Gasteiger partial charge in [0.1, 0.15) is 24.4 Å². The number of carbonyl (C=O) groups excluding carboxylic acids is 5. The normalized spacial score (nSPS) is 19.8. The molecule has 2 fully saturated rings. The topological polar surface area (TPSA) is 212 Å². The Morgan fingerprint density at radius 2 is 1.64 bits per heavy atom. The lowest BCUT2D eigenvalue weighted by atomic mass is 9.72. The second-order valence-electron chi connectivity index (χ2n) is 16.2. The maximum atomic E-state index is 14.3. The van der Waals surface area contributed by atoms with Crippen LogP contribution in [0.1, 0.15) is 75.3 Å². The number of carbonyl (C=O) groups is 5. The van der Waals surface area contributed by atoms with E-state index in [-0.39, 0.29) is 51.0 Å². The first-order chi connectivity index (χ1) is 27.8. The SMILES string of the molecule is CC(C)(C)NC(=O)[C@@H]1C[C@@H]2CCCC[C@@H]2CN1C[C@@H](OC(=O)OCCOCCO)[C@H](Cc1ccccc1)NC(=O)[C@H](CC(N)=O)NC(=O)c1ccc2ccccc2n1. The number of nitrogens with zero attached hydrogens (tertiary/aromatic N) is 2. The summed E-state index contributed by atoms with van der Waals surface area (Å²) in [6.07, 6.45) is 2.45. The molecular weight excluding hydrogens is 745 g/mol. The molecule has 0 radical (unpaired) electrons. The smallest absolute Gasteiger partial charge is 0.432 e. The Kier molecular flexibility index (Phi) is 16.0. The van der Waals surface area contributed by atoms with Gasteiger partial charge in [-0.1, -0.05) is 73.9 Å². The molecule has 314 valence electrons. The maximum Gasteiger partial charge on any atom is 0.508 e. The summed E-state index contributed by atoms with van der Waals surface area (Å²) in [5, 5.41) is 18.6. The van der Waals surface area contributed by atoms with E-state index < -0.39 is 60.1 Å². The first-order valence-electron chi connectivity index (χ1n) is 20.2. The summed E-state index contributed by atoms with van der Waals surface area (Å²) in [6, 6.07) is 16.9. The van der Waals surface area contributed by atoms with Crippen LogP contribution in [0.5, 0.6) is 0 Å². The van der Waals surface area contributed by atoms with Crippen molar-refractivity contribution in [3.63, 3.8) is 0 Å². The Labute approximate surface area is 339 Å². The van der Waals surface area contributed by atoms with E-state index in [2.05, 4.69) is 20.9 Å². The lowest BCUT2D eigenvalue weighted by Gasteiger charge is -2.47. The van der Waals surface area contributed by atoms with Crippen LogP contribution in [0.25, 0.3) is 10.9 Å². The summed E-state index contributed by atoms with van der Waals surface area (Å²) >= 11 is 0. The van der Waals surface area contributed by atoms with Crippen LogP contribution in [-0.4, -0.2) is 114 Å². The molecule has 2 aliphatic rings. The quantitative estimate of drug-likeness (QED) is 0.0931. The summed E-state index contributed by atoms with van der Waals surface area (Å²) in [5.41, 5.74) is 6.53. The zero-order chi connectivity index (χ0) is 41.7. The average Bonchev–Trinajstić information content (AvgIpc) is 3.19. The number of likely N-dealkylation sites (tertiary alicyclic amines) is 1. The summed E-state index contributed by atoms with van der Waals surface area (Å²) < 4.78 is 16.7. The second-order valence-corrected chi connectivity index (χ2v) is 16.2. The molecule has 58 heavy (non-hydrogen) atoms. The fourth-order valence-electron chi connectivity index (χ4n) is 7.87. The molecule has 2 aromatic carbocycles. The molecule has 15 nitrogen and oxygen atoms in total. The van der Waals surface area contributed by atoms with Crippen molar-refractivity contribution in [2.24, 2.45) is 17.6 Å². The molecule has 5 rings (SSSR count). The zero-order valence-electron chi connectivity index (χ0n) is 33.7. The monoisotopic (exact) mass is 802 g/mol. The Balaban J connectivity index is 1.46.